The molecule has 1 saturated heterocycles. The van der Waals surface area contributed by atoms with Crippen molar-refractivity contribution < 1.29 is 13.2 Å². The van der Waals surface area contributed by atoms with Crippen LogP contribution in [0.5, 0.6) is 0 Å². The van der Waals surface area contributed by atoms with Gasteiger partial charge in [-0.05, 0) is 79.6 Å². The third-order valence-electron chi connectivity index (χ3n) is 5.76. The Labute approximate surface area is 197 Å². The second-order valence-electron chi connectivity index (χ2n) is 8.09. The molecule has 2 aromatic heterocycles. The van der Waals surface area contributed by atoms with E-state index < -0.39 is 10.2 Å². The van der Waals surface area contributed by atoms with Crippen LogP contribution >= 0.6 is 0 Å². The first kappa shape index (κ1) is 22.0. The summed E-state index contributed by atoms with van der Waals surface area (Å²) in [6, 6.07) is 19.9. The Morgan fingerprint density at radius 1 is 1.03 bits per heavy atom. The number of pyridine rings is 2. The first-order chi connectivity index (χ1) is 16.4. The van der Waals surface area contributed by atoms with E-state index in [1.165, 1.54) is 4.31 Å². The van der Waals surface area contributed by atoms with Crippen LogP contribution in [0.1, 0.15) is 22.3 Å². The van der Waals surface area contributed by atoms with Gasteiger partial charge in [-0.15, -0.1) is 0 Å². The van der Waals surface area contributed by atoms with Crippen molar-refractivity contribution in [2.45, 2.75) is 13.3 Å². The maximum absolute atomic E-state index is 12.9. The number of hydrogen-bond acceptors (Lipinski definition) is 5. The summed E-state index contributed by atoms with van der Waals surface area (Å²) in [6.45, 7) is 2.84. The minimum atomic E-state index is -3.53. The van der Waals surface area contributed by atoms with Crippen molar-refractivity contribution in [1.29, 1.82) is 0 Å². The van der Waals surface area contributed by atoms with Crippen LogP contribution < -0.4 is 14.3 Å². The molecule has 1 aliphatic heterocycles. The molecule has 0 aliphatic carbocycles. The van der Waals surface area contributed by atoms with Crippen LogP contribution in [0.3, 0.4) is 0 Å². The predicted molar refractivity (Wildman–Crippen MR) is 133 cm³/mol. The number of rotatable bonds is 4. The van der Waals surface area contributed by atoms with Gasteiger partial charge in [0.25, 0.3) is 5.91 Å². The molecule has 34 heavy (non-hydrogen) atoms. The molecule has 0 spiro atoms. The highest BCUT2D eigenvalue weighted by Crippen LogP contribution is 2.27. The molecule has 1 aliphatic rings. The number of fused-ring (bicyclic) bond motifs is 1. The molecule has 172 valence electrons. The standard InChI is InChI=1S/C25H23N5O3S/c1-17-5-8-19(16-21(17)22-11-12-23-24(29-22)4-2-13-26-23)28-25(31)18-6-9-20(10-7-18)30-15-3-14-27-34(30,32)33/h2,4-13,16,27H,3,14-15H2,1H3,(H,28,31). The van der Waals surface area contributed by atoms with Crippen LogP contribution in [0.25, 0.3) is 22.3 Å². The molecule has 0 saturated carbocycles. The molecule has 5 rings (SSSR count). The minimum Gasteiger partial charge on any atom is -0.322 e. The summed E-state index contributed by atoms with van der Waals surface area (Å²) in [4.78, 5) is 21.9. The van der Waals surface area contributed by atoms with Crippen molar-refractivity contribution in [3.05, 3.63) is 84.1 Å². The van der Waals surface area contributed by atoms with Gasteiger partial charge in [0.2, 0.25) is 0 Å². The van der Waals surface area contributed by atoms with Crippen molar-refractivity contribution in [3.8, 4) is 11.3 Å². The zero-order valence-corrected chi connectivity index (χ0v) is 19.3. The van der Waals surface area contributed by atoms with Gasteiger partial charge in [0, 0.05) is 36.1 Å². The van der Waals surface area contributed by atoms with Gasteiger partial charge in [-0.3, -0.25) is 14.1 Å². The molecule has 9 heteroatoms. The number of carbonyl (C=O) groups excluding carboxylic acids is 1. The first-order valence-corrected chi connectivity index (χ1v) is 12.4. The lowest BCUT2D eigenvalue weighted by atomic mass is 10.0. The fourth-order valence-electron chi connectivity index (χ4n) is 3.95. The molecule has 0 radical (unpaired) electrons. The Hall–Kier alpha value is -3.82. The Kier molecular flexibility index (Phi) is 5.72. The third-order valence-corrected chi connectivity index (χ3v) is 7.30. The van der Waals surface area contributed by atoms with E-state index in [1.54, 1.807) is 30.5 Å². The van der Waals surface area contributed by atoms with Crippen LogP contribution in [-0.4, -0.2) is 37.4 Å². The predicted octanol–water partition coefficient (Wildman–Crippen LogP) is 3.90. The SMILES string of the molecule is Cc1ccc(NC(=O)c2ccc(N3CCCNS3(=O)=O)cc2)cc1-c1ccc2ncccc2n1. The van der Waals surface area contributed by atoms with Gasteiger partial charge < -0.3 is 5.32 Å². The molecule has 1 amide bonds. The average Bonchev–Trinajstić information content (AvgIpc) is 2.85. The number of aryl methyl sites for hydroxylation is 1. The summed E-state index contributed by atoms with van der Waals surface area (Å²) in [5, 5.41) is 2.92. The summed E-state index contributed by atoms with van der Waals surface area (Å²) in [6.07, 6.45) is 2.46. The van der Waals surface area contributed by atoms with Crippen molar-refractivity contribution in [3.63, 3.8) is 0 Å². The highest BCUT2D eigenvalue weighted by Gasteiger charge is 2.25. The second kappa shape index (κ2) is 8.85. The van der Waals surface area contributed by atoms with E-state index in [0.29, 0.717) is 30.0 Å². The lowest BCUT2D eigenvalue weighted by Gasteiger charge is -2.28. The Balaban J connectivity index is 1.36. The minimum absolute atomic E-state index is 0.281. The number of nitrogens with zero attached hydrogens (tertiary/aromatic N) is 3. The summed E-state index contributed by atoms with van der Waals surface area (Å²) < 4.78 is 28.3. The number of hydrogen-bond donors (Lipinski definition) is 2. The highest BCUT2D eigenvalue weighted by atomic mass is 32.2. The van der Waals surface area contributed by atoms with Gasteiger partial charge in [-0.2, -0.15) is 13.1 Å². The molecule has 1 fully saturated rings. The van der Waals surface area contributed by atoms with Crippen molar-refractivity contribution >= 4 is 38.5 Å². The van der Waals surface area contributed by atoms with Gasteiger partial charge in [0.05, 0.1) is 22.4 Å². The number of carbonyl (C=O) groups is 1. The van der Waals surface area contributed by atoms with Crippen LogP contribution in [-0.2, 0) is 10.2 Å². The largest absolute Gasteiger partial charge is 0.322 e. The van der Waals surface area contributed by atoms with Crippen molar-refractivity contribution in [2.75, 3.05) is 22.7 Å². The molecule has 2 N–H and O–H groups in total. The van der Waals surface area contributed by atoms with Gasteiger partial charge >= 0.3 is 10.2 Å². The lowest BCUT2D eigenvalue weighted by Crippen LogP contribution is -2.47. The molecule has 0 unspecified atom stereocenters. The zero-order chi connectivity index (χ0) is 23.7. The smallest absolute Gasteiger partial charge is 0.301 e. The van der Waals surface area contributed by atoms with E-state index in [9.17, 15) is 13.2 Å². The van der Waals surface area contributed by atoms with E-state index in [0.717, 1.165) is 34.3 Å². The summed E-state index contributed by atoms with van der Waals surface area (Å²) in [5.74, 6) is -0.281. The number of amides is 1. The van der Waals surface area contributed by atoms with E-state index in [-0.39, 0.29) is 5.91 Å². The topological polar surface area (TPSA) is 104 Å². The van der Waals surface area contributed by atoms with E-state index in [1.807, 2.05) is 49.4 Å². The Bertz CT molecular complexity index is 1490. The third kappa shape index (κ3) is 4.35. The van der Waals surface area contributed by atoms with E-state index >= 15 is 0 Å². The number of aromatic nitrogens is 2. The number of nitrogens with one attached hydrogen (secondary N) is 2. The lowest BCUT2D eigenvalue weighted by molar-refractivity contribution is 0.102. The number of benzene rings is 2. The van der Waals surface area contributed by atoms with E-state index in [2.05, 4.69) is 15.0 Å². The highest BCUT2D eigenvalue weighted by molar-refractivity contribution is 7.90. The maximum atomic E-state index is 12.9. The van der Waals surface area contributed by atoms with Crippen molar-refractivity contribution in [2.24, 2.45) is 0 Å². The van der Waals surface area contributed by atoms with Gasteiger partial charge in [0.1, 0.15) is 0 Å². The van der Waals surface area contributed by atoms with Crippen LogP contribution in [0, 0.1) is 6.92 Å². The van der Waals surface area contributed by atoms with Gasteiger partial charge in [-0.25, -0.2) is 4.98 Å². The monoisotopic (exact) mass is 473 g/mol. The fourth-order valence-corrected chi connectivity index (χ4v) is 5.28. The van der Waals surface area contributed by atoms with Crippen molar-refractivity contribution in [1.82, 2.24) is 14.7 Å². The molecule has 2 aromatic carbocycles. The van der Waals surface area contributed by atoms with Crippen LogP contribution in [0.2, 0.25) is 0 Å². The normalized spacial score (nSPS) is 15.3. The van der Waals surface area contributed by atoms with Crippen LogP contribution in [0.4, 0.5) is 11.4 Å². The fraction of sp³-hybridized carbons (Fsp3) is 0.160. The first-order valence-electron chi connectivity index (χ1n) is 10.9. The Morgan fingerprint density at radius 3 is 2.65 bits per heavy atom. The maximum Gasteiger partial charge on any atom is 0.301 e. The summed E-state index contributed by atoms with van der Waals surface area (Å²) in [7, 11) is -3.53. The molecule has 4 aromatic rings. The Morgan fingerprint density at radius 2 is 1.85 bits per heavy atom. The number of anilines is 2. The van der Waals surface area contributed by atoms with Gasteiger partial charge in [0.15, 0.2) is 0 Å². The quantitative estimate of drug-likeness (QED) is 0.468. The van der Waals surface area contributed by atoms with Gasteiger partial charge in [-0.1, -0.05) is 6.07 Å². The average molecular weight is 474 g/mol. The van der Waals surface area contributed by atoms with Crippen LogP contribution in [0.15, 0.2) is 72.9 Å². The summed E-state index contributed by atoms with van der Waals surface area (Å²) in [5.41, 5.74) is 5.99. The second-order valence-corrected chi connectivity index (χ2v) is 9.77. The summed E-state index contributed by atoms with van der Waals surface area (Å²) >= 11 is 0. The van der Waals surface area contributed by atoms with E-state index in [4.69, 9.17) is 4.98 Å². The zero-order valence-electron chi connectivity index (χ0n) is 18.5. The molecule has 3 heterocycles. The molecule has 0 atom stereocenters. The molecule has 8 nitrogen and oxygen atoms in total. The molecular weight excluding hydrogens is 450 g/mol. The molecular formula is C25H23N5O3S. The molecule has 0 bridgehead atoms.